The van der Waals surface area contributed by atoms with Gasteiger partial charge in [-0.2, -0.15) is 4.58 Å². The van der Waals surface area contributed by atoms with E-state index in [0.29, 0.717) is 6.42 Å². The van der Waals surface area contributed by atoms with E-state index in [4.69, 9.17) is 4.52 Å². The van der Waals surface area contributed by atoms with Crippen LogP contribution in [0.15, 0.2) is 28.8 Å². The molecule has 2 amide bonds. The van der Waals surface area contributed by atoms with Crippen molar-refractivity contribution < 1.29 is 27.5 Å². The van der Waals surface area contributed by atoms with Crippen molar-refractivity contribution in [1.82, 2.24) is 10.5 Å². The van der Waals surface area contributed by atoms with Gasteiger partial charge in [-0.05, 0) is 30.0 Å². The topological polar surface area (TPSA) is 75.2 Å². The molecule has 1 aromatic carbocycles. The molecule has 0 saturated carbocycles. The molecule has 8 heteroatoms. The number of benzene rings is 1. The van der Waals surface area contributed by atoms with E-state index < -0.39 is 23.6 Å². The Morgan fingerprint density at radius 2 is 1.93 bits per heavy atom. The number of aromatic nitrogens is 1. The van der Waals surface area contributed by atoms with Crippen molar-refractivity contribution in [3.05, 3.63) is 41.6 Å². The quantitative estimate of drug-likeness (QED) is 0.775. The summed E-state index contributed by atoms with van der Waals surface area (Å²) in [6.45, 7) is 7.85. The number of rotatable bonds is 5. The fraction of sp³-hybridized carbons (Fsp3) is 0.429. The van der Waals surface area contributed by atoms with Gasteiger partial charge in [-0.1, -0.05) is 32.9 Å². The van der Waals surface area contributed by atoms with Gasteiger partial charge in [0.15, 0.2) is 23.6 Å². The number of hydrogen-bond acceptors (Lipinski definition) is 4. The summed E-state index contributed by atoms with van der Waals surface area (Å²) in [5.74, 6) is -2.26. The van der Waals surface area contributed by atoms with Crippen molar-refractivity contribution in [3.8, 4) is 11.3 Å². The number of halogens is 2. The van der Waals surface area contributed by atoms with E-state index in [1.807, 2.05) is 27.7 Å². The van der Waals surface area contributed by atoms with Crippen LogP contribution in [0.4, 0.5) is 8.78 Å². The highest BCUT2D eigenvalue weighted by Crippen LogP contribution is 2.23. The van der Waals surface area contributed by atoms with Crippen LogP contribution < -0.4 is 5.32 Å². The van der Waals surface area contributed by atoms with Crippen molar-refractivity contribution in [3.63, 3.8) is 0 Å². The predicted octanol–water partition coefficient (Wildman–Crippen LogP) is 3.41. The first-order chi connectivity index (χ1) is 13.7. The zero-order chi connectivity index (χ0) is 21.3. The van der Waals surface area contributed by atoms with Gasteiger partial charge in [0, 0.05) is 18.1 Å². The lowest BCUT2D eigenvalue weighted by atomic mass is 9.97. The second-order valence-corrected chi connectivity index (χ2v) is 7.99. The molecule has 1 N–H and O–H groups in total. The van der Waals surface area contributed by atoms with E-state index in [2.05, 4.69) is 10.5 Å². The summed E-state index contributed by atoms with van der Waals surface area (Å²) in [4.78, 5) is 25.8. The van der Waals surface area contributed by atoms with Gasteiger partial charge >= 0.3 is 5.91 Å². The van der Waals surface area contributed by atoms with E-state index in [-0.39, 0.29) is 40.8 Å². The number of carbonyl (C=O) groups excluding carboxylic acids is 2. The molecule has 2 atom stereocenters. The van der Waals surface area contributed by atoms with Gasteiger partial charge in [0.25, 0.3) is 5.91 Å². The normalized spacial score (nSPS) is 19.4. The van der Waals surface area contributed by atoms with E-state index in [9.17, 15) is 18.4 Å². The molecular weight excluding hydrogens is 380 g/mol. The summed E-state index contributed by atoms with van der Waals surface area (Å²) in [6, 6.07) is 3.72. The molecule has 1 aliphatic rings. The molecular formula is C21H24F2N3O3+. The molecule has 3 rings (SSSR count). The second kappa shape index (κ2) is 8.23. The Balaban J connectivity index is 1.95. The molecule has 2 heterocycles. The lowest BCUT2D eigenvalue weighted by Crippen LogP contribution is -2.57. The minimum Gasteiger partial charge on any atom is -0.355 e. The van der Waals surface area contributed by atoms with Gasteiger partial charge in [0.05, 0.1) is 0 Å². The number of nitrogens with zero attached hydrogens (tertiary/aromatic N) is 2. The summed E-state index contributed by atoms with van der Waals surface area (Å²) in [6.07, 6.45) is 2.21. The third-order valence-electron chi connectivity index (χ3n) is 4.85. The van der Waals surface area contributed by atoms with Crippen LogP contribution in [0.2, 0.25) is 0 Å². The lowest BCUT2D eigenvalue weighted by molar-refractivity contribution is -0.461. The highest BCUT2D eigenvalue weighted by molar-refractivity contribution is 5.95. The standard InChI is InChI=1S/C21H23F2N3O3/c1-11(2)7-18-20(27)24-17(12(3)4)10-26(18)21(28)16-9-19(29-25-16)13-5-6-14(22)15(23)8-13/h5-6,8-12,17-18H,7H2,1-4H3/p+1. The van der Waals surface area contributed by atoms with E-state index >= 15 is 0 Å². The van der Waals surface area contributed by atoms with Crippen LogP contribution in [-0.4, -0.2) is 39.8 Å². The predicted molar refractivity (Wildman–Crippen MR) is 103 cm³/mol. The molecule has 2 unspecified atom stereocenters. The highest BCUT2D eigenvalue weighted by atomic mass is 19.2. The maximum atomic E-state index is 13.5. The maximum absolute atomic E-state index is 13.5. The summed E-state index contributed by atoms with van der Waals surface area (Å²) >= 11 is 0. The van der Waals surface area contributed by atoms with Crippen LogP contribution in [0.5, 0.6) is 0 Å². The maximum Gasteiger partial charge on any atom is 0.442 e. The van der Waals surface area contributed by atoms with Crippen LogP contribution in [0.1, 0.15) is 44.6 Å². The Morgan fingerprint density at radius 3 is 2.55 bits per heavy atom. The fourth-order valence-electron chi connectivity index (χ4n) is 3.21. The van der Waals surface area contributed by atoms with Gasteiger partial charge in [0.2, 0.25) is 11.7 Å². The van der Waals surface area contributed by atoms with Crippen molar-refractivity contribution >= 4 is 18.0 Å². The Morgan fingerprint density at radius 1 is 1.21 bits per heavy atom. The molecule has 0 fully saturated rings. The average Bonchev–Trinajstić information content (AvgIpc) is 3.14. The van der Waals surface area contributed by atoms with Crippen LogP contribution in [0, 0.1) is 23.5 Å². The van der Waals surface area contributed by atoms with E-state index in [1.54, 1.807) is 6.21 Å². The molecule has 6 nitrogen and oxygen atoms in total. The van der Waals surface area contributed by atoms with Crippen molar-refractivity contribution in [1.29, 1.82) is 0 Å². The van der Waals surface area contributed by atoms with Crippen molar-refractivity contribution in [2.24, 2.45) is 11.8 Å². The molecule has 0 bridgehead atoms. The largest absolute Gasteiger partial charge is 0.442 e. The number of carbonyl (C=O) groups is 2. The zero-order valence-corrected chi connectivity index (χ0v) is 16.8. The molecule has 1 aliphatic heterocycles. The fourth-order valence-corrected chi connectivity index (χ4v) is 3.21. The van der Waals surface area contributed by atoms with Crippen LogP contribution >= 0.6 is 0 Å². The van der Waals surface area contributed by atoms with Crippen LogP contribution in [0.25, 0.3) is 11.3 Å². The molecule has 0 radical (unpaired) electrons. The Labute approximate surface area is 167 Å². The third-order valence-corrected chi connectivity index (χ3v) is 4.85. The van der Waals surface area contributed by atoms with Crippen molar-refractivity contribution in [2.45, 2.75) is 46.2 Å². The molecule has 0 spiro atoms. The van der Waals surface area contributed by atoms with E-state index in [0.717, 1.165) is 12.1 Å². The Bertz CT molecular complexity index is 966. The summed E-state index contributed by atoms with van der Waals surface area (Å²) < 4.78 is 33.2. The van der Waals surface area contributed by atoms with Gasteiger partial charge in [-0.25, -0.2) is 13.6 Å². The minimum atomic E-state index is -1.02. The van der Waals surface area contributed by atoms with Gasteiger partial charge in [0.1, 0.15) is 6.04 Å². The van der Waals surface area contributed by atoms with Crippen LogP contribution in [0.3, 0.4) is 0 Å². The molecule has 29 heavy (non-hydrogen) atoms. The first-order valence-corrected chi connectivity index (χ1v) is 9.57. The van der Waals surface area contributed by atoms with Gasteiger partial charge in [-0.3, -0.25) is 4.79 Å². The van der Waals surface area contributed by atoms with Gasteiger partial charge < -0.3 is 9.84 Å². The monoisotopic (exact) mass is 404 g/mol. The zero-order valence-electron chi connectivity index (χ0n) is 16.8. The summed E-state index contributed by atoms with van der Waals surface area (Å²) in [5.41, 5.74) is 0.251. The van der Waals surface area contributed by atoms with E-state index in [1.165, 1.54) is 16.7 Å². The Hall–Kier alpha value is -2.90. The first-order valence-electron chi connectivity index (χ1n) is 9.57. The smallest absolute Gasteiger partial charge is 0.355 e. The van der Waals surface area contributed by atoms with Crippen molar-refractivity contribution in [2.75, 3.05) is 0 Å². The number of hydrogen-bond donors (Lipinski definition) is 1. The molecule has 0 aliphatic carbocycles. The number of nitrogens with one attached hydrogen (secondary N) is 1. The highest BCUT2D eigenvalue weighted by Gasteiger charge is 2.42. The lowest BCUT2D eigenvalue weighted by Gasteiger charge is -2.26. The average molecular weight is 404 g/mol. The minimum absolute atomic E-state index is 0.00746. The number of amides is 2. The molecule has 0 saturated heterocycles. The van der Waals surface area contributed by atoms with Gasteiger partial charge in [-0.15, -0.1) is 0 Å². The van der Waals surface area contributed by atoms with Crippen LogP contribution in [-0.2, 0) is 4.79 Å². The molecule has 1 aromatic heterocycles. The SMILES string of the molecule is CC(C)CC1C(=O)NC(C(C)C)C=[N+]1C(=O)c1cc(-c2ccc(F)c(F)c2)on1. The molecule has 2 aromatic rings. The first kappa shape index (κ1) is 20.8. The second-order valence-electron chi connectivity index (χ2n) is 7.99. The third kappa shape index (κ3) is 4.41. The summed E-state index contributed by atoms with van der Waals surface area (Å²) in [5, 5.41) is 6.73. The summed E-state index contributed by atoms with van der Waals surface area (Å²) in [7, 11) is 0. The Kier molecular flexibility index (Phi) is 5.91. The molecule has 154 valence electrons.